The van der Waals surface area contributed by atoms with Gasteiger partial charge >= 0.3 is 0 Å². The fourth-order valence-electron chi connectivity index (χ4n) is 2.53. The average Bonchev–Trinajstić information content (AvgIpc) is 3.24. The number of H-pyrrole nitrogens is 1. The summed E-state index contributed by atoms with van der Waals surface area (Å²) in [6, 6.07) is 17.5. The molecule has 2 heterocycles. The minimum Gasteiger partial charge on any atom is -0.359 e. The number of nitrogens with one attached hydrogen (secondary N) is 2. The van der Waals surface area contributed by atoms with Crippen molar-refractivity contribution < 1.29 is 4.79 Å². The van der Waals surface area contributed by atoms with Gasteiger partial charge < -0.3 is 10.3 Å². The highest BCUT2D eigenvalue weighted by atomic mass is 16.1. The van der Waals surface area contributed by atoms with Crippen LogP contribution in [0.3, 0.4) is 0 Å². The summed E-state index contributed by atoms with van der Waals surface area (Å²) < 4.78 is 1.68. The van der Waals surface area contributed by atoms with E-state index >= 15 is 0 Å². The molecule has 5 heteroatoms. The van der Waals surface area contributed by atoms with Crippen LogP contribution in [-0.4, -0.2) is 20.7 Å². The molecule has 0 spiro atoms. The Morgan fingerprint density at radius 3 is 2.70 bits per heavy atom. The van der Waals surface area contributed by atoms with Gasteiger partial charge in [0.25, 0.3) is 5.91 Å². The third-order valence-corrected chi connectivity index (χ3v) is 3.70. The first-order chi connectivity index (χ1) is 11.3. The van der Waals surface area contributed by atoms with Crippen LogP contribution in [0, 0.1) is 0 Å². The zero-order chi connectivity index (χ0) is 15.6. The topological polar surface area (TPSA) is 62.7 Å². The summed E-state index contributed by atoms with van der Waals surface area (Å²) in [6.45, 7) is 0. The monoisotopic (exact) mass is 302 g/mol. The summed E-state index contributed by atoms with van der Waals surface area (Å²) in [6.07, 6.45) is 5.08. The number of rotatable bonds is 3. The van der Waals surface area contributed by atoms with Gasteiger partial charge in [-0.15, -0.1) is 0 Å². The van der Waals surface area contributed by atoms with Crippen molar-refractivity contribution in [1.82, 2.24) is 14.8 Å². The number of carbonyl (C=O) groups is 1. The molecule has 112 valence electrons. The Morgan fingerprint density at radius 1 is 1.04 bits per heavy atom. The van der Waals surface area contributed by atoms with Crippen molar-refractivity contribution in [2.75, 3.05) is 5.32 Å². The molecule has 2 aromatic heterocycles. The quantitative estimate of drug-likeness (QED) is 0.607. The van der Waals surface area contributed by atoms with Crippen molar-refractivity contribution in [3.8, 4) is 5.69 Å². The van der Waals surface area contributed by atoms with Crippen molar-refractivity contribution in [1.29, 1.82) is 0 Å². The molecule has 1 amide bonds. The van der Waals surface area contributed by atoms with Gasteiger partial charge in [0.15, 0.2) is 0 Å². The highest BCUT2D eigenvalue weighted by Gasteiger charge is 2.12. The van der Waals surface area contributed by atoms with Crippen LogP contribution in [-0.2, 0) is 0 Å². The Morgan fingerprint density at radius 2 is 1.83 bits per heavy atom. The van der Waals surface area contributed by atoms with Gasteiger partial charge in [0.1, 0.15) is 0 Å². The highest BCUT2D eigenvalue weighted by molar-refractivity contribution is 6.08. The van der Waals surface area contributed by atoms with E-state index in [9.17, 15) is 4.79 Å². The van der Waals surface area contributed by atoms with Crippen molar-refractivity contribution in [3.05, 3.63) is 78.8 Å². The Hall–Kier alpha value is -3.34. The lowest BCUT2D eigenvalue weighted by Gasteiger charge is -2.02. The van der Waals surface area contributed by atoms with Crippen LogP contribution in [0.15, 0.2) is 73.2 Å². The number of aromatic amines is 1. The van der Waals surface area contributed by atoms with Crippen LogP contribution in [0.2, 0.25) is 0 Å². The molecule has 0 saturated heterocycles. The molecule has 0 atom stereocenters. The number of anilines is 1. The molecule has 4 rings (SSSR count). The minimum atomic E-state index is -0.183. The predicted octanol–water partition coefficient (Wildman–Crippen LogP) is 3.61. The molecule has 0 radical (unpaired) electrons. The van der Waals surface area contributed by atoms with Gasteiger partial charge in [-0.2, -0.15) is 5.10 Å². The number of para-hydroxylation sites is 2. The second kappa shape index (κ2) is 5.46. The highest BCUT2D eigenvalue weighted by Crippen LogP contribution is 2.23. The Bertz CT molecular complexity index is 969. The minimum absolute atomic E-state index is 0.183. The van der Waals surface area contributed by atoms with E-state index in [0.717, 1.165) is 22.3 Å². The van der Waals surface area contributed by atoms with E-state index in [1.165, 1.54) is 0 Å². The molecule has 0 aliphatic rings. The first-order valence-electron chi connectivity index (χ1n) is 7.29. The second-order valence-corrected chi connectivity index (χ2v) is 5.21. The first kappa shape index (κ1) is 13.3. The number of nitrogens with zero attached hydrogens (tertiary/aromatic N) is 2. The van der Waals surface area contributed by atoms with E-state index in [-0.39, 0.29) is 5.91 Å². The van der Waals surface area contributed by atoms with Crippen LogP contribution in [0.1, 0.15) is 10.4 Å². The van der Waals surface area contributed by atoms with E-state index in [1.807, 2.05) is 54.6 Å². The van der Waals surface area contributed by atoms with Gasteiger partial charge in [-0.25, -0.2) is 4.68 Å². The molecule has 23 heavy (non-hydrogen) atoms. The molecule has 0 aliphatic carbocycles. The number of benzene rings is 2. The molecule has 0 bridgehead atoms. The Kier molecular flexibility index (Phi) is 3.16. The molecular weight excluding hydrogens is 288 g/mol. The number of carbonyl (C=O) groups excluding carboxylic acids is 1. The zero-order valence-corrected chi connectivity index (χ0v) is 12.2. The van der Waals surface area contributed by atoms with E-state index < -0.39 is 0 Å². The van der Waals surface area contributed by atoms with Crippen LogP contribution < -0.4 is 5.32 Å². The summed E-state index contributed by atoms with van der Waals surface area (Å²) in [4.78, 5) is 15.6. The van der Waals surface area contributed by atoms with Crippen molar-refractivity contribution >= 4 is 22.5 Å². The lowest BCUT2D eigenvalue weighted by molar-refractivity contribution is 0.102. The SMILES string of the molecule is O=C(Nc1c[nH]c2ccccc12)c1cnn(-c2ccccc2)c1. The average molecular weight is 302 g/mol. The van der Waals surface area contributed by atoms with Gasteiger partial charge in [-0.1, -0.05) is 36.4 Å². The molecule has 2 aromatic carbocycles. The number of hydrogen-bond acceptors (Lipinski definition) is 2. The maximum atomic E-state index is 12.4. The van der Waals surface area contributed by atoms with E-state index in [0.29, 0.717) is 5.56 Å². The van der Waals surface area contributed by atoms with Crippen molar-refractivity contribution in [2.45, 2.75) is 0 Å². The van der Waals surface area contributed by atoms with Crippen molar-refractivity contribution in [2.24, 2.45) is 0 Å². The molecule has 0 fully saturated rings. The van der Waals surface area contributed by atoms with Gasteiger partial charge in [0.05, 0.1) is 23.1 Å². The fourth-order valence-corrected chi connectivity index (χ4v) is 2.53. The summed E-state index contributed by atoms with van der Waals surface area (Å²) >= 11 is 0. The molecular formula is C18H14N4O. The molecule has 5 nitrogen and oxygen atoms in total. The number of amides is 1. The Labute approximate surface area is 132 Å². The maximum Gasteiger partial charge on any atom is 0.258 e. The maximum absolute atomic E-state index is 12.4. The van der Waals surface area contributed by atoms with Crippen LogP contribution >= 0.6 is 0 Å². The molecule has 4 aromatic rings. The van der Waals surface area contributed by atoms with Gasteiger partial charge in [-0.05, 0) is 18.2 Å². The lowest BCUT2D eigenvalue weighted by Crippen LogP contribution is -2.10. The third-order valence-electron chi connectivity index (χ3n) is 3.70. The summed E-state index contributed by atoms with van der Waals surface area (Å²) in [5, 5.41) is 8.15. The lowest BCUT2D eigenvalue weighted by atomic mass is 10.2. The largest absolute Gasteiger partial charge is 0.359 e. The molecule has 0 unspecified atom stereocenters. The number of fused-ring (bicyclic) bond motifs is 1. The zero-order valence-electron chi connectivity index (χ0n) is 12.2. The van der Waals surface area contributed by atoms with Gasteiger partial charge in [0, 0.05) is 23.3 Å². The summed E-state index contributed by atoms with van der Waals surface area (Å²) in [7, 11) is 0. The Balaban J connectivity index is 1.59. The van der Waals surface area contributed by atoms with Crippen LogP contribution in [0.25, 0.3) is 16.6 Å². The fraction of sp³-hybridized carbons (Fsp3) is 0. The normalized spacial score (nSPS) is 10.8. The van der Waals surface area contributed by atoms with Crippen molar-refractivity contribution in [3.63, 3.8) is 0 Å². The number of hydrogen-bond donors (Lipinski definition) is 2. The van der Waals surface area contributed by atoms with E-state index in [2.05, 4.69) is 15.4 Å². The molecule has 0 saturated carbocycles. The van der Waals surface area contributed by atoms with E-state index in [4.69, 9.17) is 0 Å². The predicted molar refractivity (Wildman–Crippen MR) is 89.8 cm³/mol. The van der Waals surface area contributed by atoms with Gasteiger partial charge in [0.2, 0.25) is 0 Å². The number of aromatic nitrogens is 3. The second-order valence-electron chi connectivity index (χ2n) is 5.21. The van der Waals surface area contributed by atoms with Crippen LogP contribution in [0.5, 0.6) is 0 Å². The summed E-state index contributed by atoms with van der Waals surface area (Å²) in [5.41, 5.74) is 3.18. The first-order valence-corrected chi connectivity index (χ1v) is 7.29. The third kappa shape index (κ3) is 2.48. The van der Waals surface area contributed by atoms with Gasteiger partial charge in [-0.3, -0.25) is 4.79 Å². The molecule has 2 N–H and O–H groups in total. The smallest absolute Gasteiger partial charge is 0.258 e. The van der Waals surface area contributed by atoms with Crippen LogP contribution in [0.4, 0.5) is 5.69 Å². The standard InChI is InChI=1S/C18H14N4O/c23-18(21-17-11-19-16-9-5-4-8-15(16)17)13-10-20-22(12-13)14-6-2-1-3-7-14/h1-12,19H,(H,21,23). The summed E-state index contributed by atoms with van der Waals surface area (Å²) in [5.74, 6) is -0.183. The molecule has 0 aliphatic heterocycles. The van der Waals surface area contributed by atoms with E-state index in [1.54, 1.807) is 23.3 Å².